The second kappa shape index (κ2) is 5.90. The molecule has 0 aliphatic heterocycles. The first-order valence-corrected chi connectivity index (χ1v) is 5.72. The van der Waals surface area contributed by atoms with E-state index in [9.17, 15) is 22.8 Å². The van der Waals surface area contributed by atoms with E-state index in [1.165, 1.54) is 13.0 Å². The van der Waals surface area contributed by atoms with Crippen molar-refractivity contribution in [1.29, 1.82) is 0 Å². The third-order valence-electron chi connectivity index (χ3n) is 1.88. The number of carbonyl (C=O) groups excluding carboxylic acids is 2. The fourth-order valence-corrected chi connectivity index (χ4v) is 1.62. The zero-order valence-electron chi connectivity index (χ0n) is 9.28. The minimum Gasteiger partial charge on any atom is -0.391 e. The number of benzene rings is 1. The molecular weight excluding hydrogens is 269 g/mol. The molecule has 0 aliphatic carbocycles. The Kier molecular flexibility index (Phi) is 4.77. The third kappa shape index (κ3) is 4.40. The Bertz CT molecular complexity index is 457. The van der Waals surface area contributed by atoms with Crippen molar-refractivity contribution >= 4 is 23.8 Å². The van der Waals surface area contributed by atoms with Crippen LogP contribution in [0, 0.1) is 0 Å². The number of halogens is 3. The Morgan fingerprint density at radius 1 is 1.33 bits per heavy atom. The Hall–Kier alpha value is -1.50. The first-order valence-electron chi connectivity index (χ1n) is 4.81. The van der Waals surface area contributed by atoms with Crippen molar-refractivity contribution < 1.29 is 26.9 Å². The van der Waals surface area contributed by atoms with Gasteiger partial charge in [0.25, 0.3) is 0 Å². The zero-order valence-corrected chi connectivity index (χ0v) is 10.1. The molecule has 1 aromatic rings. The van der Waals surface area contributed by atoms with E-state index in [2.05, 4.69) is 4.18 Å². The Labute approximate surface area is 106 Å². The summed E-state index contributed by atoms with van der Waals surface area (Å²) in [6, 6.07) is 4.10. The molecule has 0 spiro atoms. The molecule has 7 heteroatoms. The van der Waals surface area contributed by atoms with Crippen LogP contribution in [-0.4, -0.2) is 17.5 Å². The number of hydrogen-bond acceptors (Lipinski definition) is 4. The third-order valence-corrected chi connectivity index (χ3v) is 2.61. The van der Waals surface area contributed by atoms with E-state index in [1.54, 1.807) is 0 Å². The highest BCUT2D eigenvalue weighted by molar-refractivity contribution is 7.95. The molecule has 0 bridgehead atoms. The number of alkyl halides is 3. The molecular formula is C11H9F3O3S. The van der Waals surface area contributed by atoms with E-state index in [4.69, 9.17) is 0 Å². The number of hydrogen-bond donors (Lipinski definition) is 0. The monoisotopic (exact) mass is 278 g/mol. The van der Waals surface area contributed by atoms with E-state index in [1.807, 2.05) is 0 Å². The minimum atomic E-state index is -4.49. The van der Waals surface area contributed by atoms with Gasteiger partial charge in [-0.3, -0.25) is 9.59 Å². The summed E-state index contributed by atoms with van der Waals surface area (Å²) in [5.41, 5.74) is -0.949. The van der Waals surface area contributed by atoms with Gasteiger partial charge in [-0.2, -0.15) is 13.2 Å². The zero-order chi connectivity index (χ0) is 13.8. The summed E-state index contributed by atoms with van der Waals surface area (Å²) in [5, 5.41) is 0. The van der Waals surface area contributed by atoms with Crippen LogP contribution in [0.25, 0.3) is 0 Å². The van der Waals surface area contributed by atoms with Crippen LogP contribution >= 0.6 is 12.0 Å². The van der Waals surface area contributed by atoms with Crippen LogP contribution in [0.15, 0.2) is 24.3 Å². The molecule has 0 N–H and O–H groups in total. The molecule has 1 rings (SSSR count). The first-order chi connectivity index (χ1) is 8.30. The van der Waals surface area contributed by atoms with Crippen molar-refractivity contribution in [3.8, 4) is 0 Å². The minimum absolute atomic E-state index is 0.0653. The van der Waals surface area contributed by atoms with Gasteiger partial charge in [-0.1, -0.05) is 12.1 Å². The lowest BCUT2D eigenvalue weighted by atomic mass is 10.1. The second-order valence-corrected chi connectivity index (χ2v) is 4.03. The fraction of sp³-hybridized carbons (Fsp3) is 0.273. The maximum Gasteiger partial charge on any atom is 0.416 e. The van der Waals surface area contributed by atoms with Gasteiger partial charge in [-0.15, -0.1) is 0 Å². The largest absolute Gasteiger partial charge is 0.416 e. The summed E-state index contributed by atoms with van der Waals surface area (Å²) in [6.07, 6.45) is -4.49. The number of carbonyl (C=O) groups is 2. The Morgan fingerprint density at radius 2 is 2.00 bits per heavy atom. The van der Waals surface area contributed by atoms with Gasteiger partial charge in [0.05, 0.1) is 23.4 Å². The van der Waals surface area contributed by atoms with Gasteiger partial charge < -0.3 is 4.18 Å². The normalized spacial score (nSPS) is 11.1. The average Bonchev–Trinajstić information content (AvgIpc) is 2.27. The molecule has 0 saturated heterocycles. The Morgan fingerprint density at radius 3 is 2.56 bits per heavy atom. The second-order valence-electron chi connectivity index (χ2n) is 3.34. The Balaban J connectivity index is 2.72. The van der Waals surface area contributed by atoms with Gasteiger partial charge in [0.1, 0.15) is 0 Å². The predicted molar refractivity (Wildman–Crippen MR) is 60.0 cm³/mol. The molecule has 0 atom stereocenters. The molecule has 0 heterocycles. The molecule has 98 valence electrons. The maximum atomic E-state index is 12.4. The molecule has 0 unspecified atom stereocenters. The molecule has 18 heavy (non-hydrogen) atoms. The van der Waals surface area contributed by atoms with Gasteiger partial charge in [0, 0.05) is 12.5 Å². The standard InChI is InChI=1S/C11H9F3O3S/c1-7(15)17-18-6-10(16)8-3-2-4-9(5-8)11(12,13)14/h2-5H,6H2,1H3. The van der Waals surface area contributed by atoms with E-state index < -0.39 is 23.5 Å². The molecule has 0 radical (unpaired) electrons. The lowest BCUT2D eigenvalue weighted by Gasteiger charge is -2.07. The van der Waals surface area contributed by atoms with Crippen LogP contribution in [-0.2, 0) is 15.2 Å². The van der Waals surface area contributed by atoms with Gasteiger partial charge in [-0.25, -0.2) is 0 Å². The predicted octanol–water partition coefficient (Wildman–Crippen LogP) is 3.10. The molecule has 3 nitrogen and oxygen atoms in total. The lowest BCUT2D eigenvalue weighted by Crippen LogP contribution is -2.09. The van der Waals surface area contributed by atoms with Crippen molar-refractivity contribution in [2.75, 3.05) is 5.75 Å². The molecule has 0 aromatic heterocycles. The summed E-state index contributed by atoms with van der Waals surface area (Å²) in [5.74, 6) is -1.33. The summed E-state index contributed by atoms with van der Waals surface area (Å²) in [7, 11) is 0. The van der Waals surface area contributed by atoms with Crippen LogP contribution in [0.2, 0.25) is 0 Å². The van der Waals surface area contributed by atoms with E-state index in [0.717, 1.165) is 18.2 Å². The highest BCUT2D eigenvalue weighted by Crippen LogP contribution is 2.29. The SMILES string of the molecule is CC(=O)OSCC(=O)c1cccc(C(F)(F)F)c1. The number of rotatable bonds is 4. The first kappa shape index (κ1) is 14.6. The highest BCUT2D eigenvalue weighted by atomic mass is 32.2. The molecule has 0 saturated carbocycles. The number of ketones is 1. The van der Waals surface area contributed by atoms with Crippen molar-refractivity contribution in [3.63, 3.8) is 0 Å². The van der Waals surface area contributed by atoms with Crippen LogP contribution in [0.4, 0.5) is 13.2 Å². The lowest BCUT2D eigenvalue weighted by molar-refractivity contribution is -0.137. The van der Waals surface area contributed by atoms with Crippen molar-refractivity contribution in [2.45, 2.75) is 13.1 Å². The van der Waals surface area contributed by atoms with E-state index in [-0.39, 0.29) is 11.3 Å². The molecule has 0 amide bonds. The maximum absolute atomic E-state index is 12.4. The topological polar surface area (TPSA) is 43.4 Å². The quantitative estimate of drug-likeness (QED) is 0.627. The molecule has 0 fully saturated rings. The van der Waals surface area contributed by atoms with Crippen LogP contribution in [0.1, 0.15) is 22.8 Å². The van der Waals surface area contributed by atoms with Gasteiger partial charge in [0.2, 0.25) is 0 Å². The van der Waals surface area contributed by atoms with Crippen LogP contribution in [0.3, 0.4) is 0 Å². The van der Waals surface area contributed by atoms with Gasteiger partial charge in [0.15, 0.2) is 5.78 Å². The summed E-state index contributed by atoms with van der Waals surface area (Å²) >= 11 is 0.597. The van der Waals surface area contributed by atoms with Crippen molar-refractivity contribution in [3.05, 3.63) is 35.4 Å². The number of Topliss-reactive ketones (excluding diaryl/α,β-unsaturated/α-hetero) is 1. The molecule has 0 aliphatic rings. The summed E-state index contributed by atoms with van der Waals surface area (Å²) in [4.78, 5) is 22.0. The van der Waals surface area contributed by atoms with Gasteiger partial charge in [-0.05, 0) is 12.1 Å². The fourth-order valence-electron chi connectivity index (χ4n) is 1.12. The molecule has 1 aromatic carbocycles. The summed E-state index contributed by atoms with van der Waals surface area (Å²) < 4.78 is 41.7. The van der Waals surface area contributed by atoms with Crippen molar-refractivity contribution in [1.82, 2.24) is 0 Å². The van der Waals surface area contributed by atoms with E-state index in [0.29, 0.717) is 12.0 Å². The van der Waals surface area contributed by atoms with Crippen LogP contribution < -0.4 is 0 Å². The van der Waals surface area contributed by atoms with Gasteiger partial charge >= 0.3 is 12.1 Å². The smallest absolute Gasteiger partial charge is 0.391 e. The summed E-state index contributed by atoms with van der Waals surface area (Å²) in [6.45, 7) is 1.17. The average molecular weight is 278 g/mol. The van der Waals surface area contributed by atoms with Crippen molar-refractivity contribution in [2.24, 2.45) is 0 Å². The van der Waals surface area contributed by atoms with Crippen LogP contribution in [0.5, 0.6) is 0 Å². The highest BCUT2D eigenvalue weighted by Gasteiger charge is 2.30. The van der Waals surface area contributed by atoms with E-state index >= 15 is 0 Å².